The number of alkyl halides is 7. The molecule has 1 aliphatic heterocycles. The fraction of sp³-hybridized carbons (Fsp3) is 0.389. The van der Waals surface area contributed by atoms with Crippen LogP contribution in [0.1, 0.15) is 16.1 Å². The predicted octanol–water partition coefficient (Wildman–Crippen LogP) is 3.41. The number of amides is 1. The molecular weight excluding hydrogens is 483 g/mol. The molecule has 0 spiro atoms. The van der Waals surface area contributed by atoms with Gasteiger partial charge in [-0.15, -0.1) is 0 Å². The van der Waals surface area contributed by atoms with Crippen LogP contribution < -0.4 is 10.2 Å². The number of carbonyl (C=O) groups excluding carboxylic acids is 1. The van der Waals surface area contributed by atoms with E-state index in [4.69, 9.17) is 12.2 Å². The van der Waals surface area contributed by atoms with Gasteiger partial charge in [-0.05, 0) is 12.1 Å². The van der Waals surface area contributed by atoms with Crippen LogP contribution in [0.2, 0.25) is 0 Å². The van der Waals surface area contributed by atoms with Crippen molar-refractivity contribution >= 4 is 34.6 Å². The number of aromatic nitrogens is 2. The van der Waals surface area contributed by atoms with Gasteiger partial charge in [0, 0.05) is 25.3 Å². The first-order valence-electron chi connectivity index (χ1n) is 9.05. The lowest BCUT2D eigenvalue weighted by Crippen LogP contribution is -2.52. The summed E-state index contributed by atoms with van der Waals surface area (Å²) < 4.78 is 92.7. The molecule has 1 aromatic carbocycles. The Labute approximate surface area is 187 Å². The van der Waals surface area contributed by atoms with Crippen LogP contribution in [0.15, 0.2) is 30.6 Å². The van der Waals surface area contributed by atoms with Crippen molar-refractivity contribution in [1.29, 1.82) is 0 Å². The van der Waals surface area contributed by atoms with E-state index in [0.717, 1.165) is 17.0 Å². The van der Waals surface area contributed by atoms with Crippen LogP contribution in [0, 0.1) is 0 Å². The van der Waals surface area contributed by atoms with E-state index in [1.54, 1.807) is 0 Å². The maximum absolute atomic E-state index is 14.1. The zero-order valence-corrected chi connectivity index (χ0v) is 17.7. The third kappa shape index (κ3) is 4.10. The third-order valence-corrected chi connectivity index (χ3v) is 5.26. The molecule has 1 unspecified atom stereocenters. The number of nitrogens with one attached hydrogen (secondary N) is 1. The Hall–Kier alpha value is -2.94. The average molecular weight is 499 g/mol. The highest BCUT2D eigenvalue weighted by Crippen LogP contribution is 2.53. The van der Waals surface area contributed by atoms with E-state index in [0.29, 0.717) is 12.1 Å². The Bertz CT molecular complexity index is 1050. The molecule has 15 heteroatoms. The predicted molar refractivity (Wildman–Crippen MR) is 106 cm³/mol. The largest absolute Gasteiger partial charge is 0.435 e. The SMILES string of the molecule is CN1C(=O)c2c(ncn2CC(=S)Nc2ccc(C(F)(C(F)(F)F)C(F)(F)F)cc2)N(C)C1O. The average Bonchev–Trinajstić information content (AvgIpc) is 3.12. The highest BCUT2D eigenvalue weighted by molar-refractivity contribution is 7.80. The van der Waals surface area contributed by atoms with Crippen molar-refractivity contribution in [3.63, 3.8) is 0 Å². The van der Waals surface area contributed by atoms with Crippen molar-refractivity contribution in [2.45, 2.75) is 30.9 Å². The summed E-state index contributed by atoms with van der Waals surface area (Å²) in [5, 5.41) is 12.6. The number of aliphatic hydroxyl groups is 1. The number of benzene rings is 1. The molecule has 0 fully saturated rings. The van der Waals surface area contributed by atoms with Gasteiger partial charge in [-0.25, -0.2) is 9.37 Å². The molecule has 2 heterocycles. The summed E-state index contributed by atoms with van der Waals surface area (Å²) in [5.74, 6) is -0.352. The summed E-state index contributed by atoms with van der Waals surface area (Å²) >= 11 is 5.15. The standard InChI is InChI=1S/C18H16F7N5O2S/c1-28-13-12(14(31)29(2)15(28)32)30(8-26-13)7-11(33)27-10-5-3-9(4-6-10)16(19,17(20,21)22)18(23,24)25/h3-6,8,15,32H,7H2,1-2H3,(H,27,33). The third-order valence-electron chi connectivity index (χ3n) is 5.03. The van der Waals surface area contributed by atoms with Gasteiger partial charge in [0.05, 0.1) is 17.9 Å². The minimum absolute atomic E-state index is 0.000386. The van der Waals surface area contributed by atoms with E-state index in [1.165, 1.54) is 29.9 Å². The zero-order valence-electron chi connectivity index (χ0n) is 16.9. The van der Waals surface area contributed by atoms with Crippen LogP contribution in [0.25, 0.3) is 0 Å². The molecule has 0 saturated heterocycles. The lowest BCUT2D eigenvalue weighted by Gasteiger charge is -2.36. The molecule has 3 rings (SSSR count). The smallest absolute Gasteiger partial charge is 0.356 e. The Balaban J connectivity index is 1.79. The number of hydrogen-bond donors (Lipinski definition) is 2. The minimum atomic E-state index is -6.21. The van der Waals surface area contributed by atoms with Crippen LogP contribution in [0.3, 0.4) is 0 Å². The van der Waals surface area contributed by atoms with E-state index < -0.39 is 35.8 Å². The first-order chi connectivity index (χ1) is 15.1. The maximum atomic E-state index is 14.1. The van der Waals surface area contributed by atoms with E-state index in [1.807, 2.05) is 0 Å². The molecule has 2 aromatic rings. The Kier molecular flexibility index (Phi) is 6.08. The molecule has 0 bridgehead atoms. The highest BCUT2D eigenvalue weighted by Gasteiger charge is 2.73. The van der Waals surface area contributed by atoms with Crippen LogP contribution >= 0.6 is 12.2 Å². The number of rotatable bonds is 4. The Morgan fingerprint density at radius 1 is 1.06 bits per heavy atom. The number of aliphatic hydroxyl groups excluding tert-OH is 1. The highest BCUT2D eigenvalue weighted by atomic mass is 32.1. The fourth-order valence-corrected chi connectivity index (χ4v) is 3.49. The second kappa shape index (κ2) is 8.13. The number of thiocarbonyl (C=S) groups is 1. The first kappa shape index (κ1) is 24.7. The summed E-state index contributed by atoms with van der Waals surface area (Å²) in [6.45, 7) is -0.124. The van der Waals surface area contributed by atoms with Crippen molar-refractivity contribution in [3.8, 4) is 0 Å². The van der Waals surface area contributed by atoms with Crippen molar-refractivity contribution in [1.82, 2.24) is 14.5 Å². The monoisotopic (exact) mass is 499 g/mol. The van der Waals surface area contributed by atoms with Gasteiger partial charge in [0.2, 0.25) is 6.35 Å². The molecule has 0 saturated carbocycles. The topological polar surface area (TPSA) is 73.6 Å². The van der Waals surface area contributed by atoms with Gasteiger partial charge in [-0.2, -0.15) is 26.3 Å². The van der Waals surface area contributed by atoms with Crippen molar-refractivity contribution in [2.24, 2.45) is 0 Å². The van der Waals surface area contributed by atoms with Crippen LogP contribution in [-0.2, 0) is 12.2 Å². The Morgan fingerprint density at radius 3 is 2.12 bits per heavy atom. The van der Waals surface area contributed by atoms with Crippen molar-refractivity contribution in [2.75, 3.05) is 24.3 Å². The second-order valence-corrected chi connectivity index (χ2v) is 7.69. The molecule has 1 amide bonds. The molecule has 0 aliphatic carbocycles. The number of fused-ring (bicyclic) bond motifs is 1. The van der Waals surface area contributed by atoms with E-state index in [9.17, 15) is 40.6 Å². The molecule has 0 radical (unpaired) electrons. The van der Waals surface area contributed by atoms with Gasteiger partial charge in [0.15, 0.2) is 11.5 Å². The summed E-state index contributed by atoms with van der Waals surface area (Å²) in [4.78, 5) is 19.0. The van der Waals surface area contributed by atoms with Crippen LogP contribution in [-0.4, -0.2) is 63.3 Å². The number of carbonyl (C=O) groups is 1. The maximum Gasteiger partial charge on any atom is 0.435 e. The van der Waals surface area contributed by atoms with Gasteiger partial charge in [-0.3, -0.25) is 9.69 Å². The van der Waals surface area contributed by atoms with Gasteiger partial charge in [0.1, 0.15) is 0 Å². The zero-order chi connectivity index (χ0) is 24.9. The van der Waals surface area contributed by atoms with E-state index in [-0.39, 0.29) is 28.7 Å². The lowest BCUT2D eigenvalue weighted by atomic mass is 9.94. The number of imidazole rings is 1. The van der Waals surface area contributed by atoms with E-state index >= 15 is 0 Å². The van der Waals surface area contributed by atoms with Gasteiger partial charge in [-0.1, -0.05) is 24.4 Å². The number of anilines is 2. The van der Waals surface area contributed by atoms with Gasteiger partial charge >= 0.3 is 18.0 Å². The molecule has 7 nitrogen and oxygen atoms in total. The number of hydrogen-bond acceptors (Lipinski definition) is 5. The summed E-state index contributed by atoms with van der Waals surface area (Å²) in [7, 11) is 2.88. The van der Waals surface area contributed by atoms with E-state index in [2.05, 4.69) is 10.3 Å². The molecular formula is C18H16F7N5O2S. The van der Waals surface area contributed by atoms with Crippen LogP contribution in [0.5, 0.6) is 0 Å². The lowest BCUT2D eigenvalue weighted by molar-refractivity contribution is -0.348. The first-order valence-corrected chi connectivity index (χ1v) is 9.46. The van der Waals surface area contributed by atoms with Gasteiger partial charge in [0.25, 0.3) is 5.91 Å². The fourth-order valence-electron chi connectivity index (χ4n) is 3.24. The summed E-state index contributed by atoms with van der Waals surface area (Å²) in [5.41, 5.74) is -7.04. The molecule has 1 aromatic heterocycles. The second-order valence-electron chi connectivity index (χ2n) is 7.20. The number of nitrogens with zero attached hydrogens (tertiary/aromatic N) is 4. The molecule has 180 valence electrons. The quantitative estimate of drug-likeness (QED) is 0.497. The molecule has 2 N–H and O–H groups in total. The Morgan fingerprint density at radius 2 is 1.61 bits per heavy atom. The normalized spacial score (nSPS) is 17.3. The summed E-state index contributed by atoms with van der Waals surface area (Å²) in [6, 6.07) is 2.36. The van der Waals surface area contributed by atoms with Crippen LogP contribution in [0.4, 0.5) is 42.2 Å². The molecule has 33 heavy (non-hydrogen) atoms. The minimum Gasteiger partial charge on any atom is -0.356 e. The van der Waals surface area contributed by atoms with Crippen molar-refractivity contribution < 1.29 is 40.6 Å². The molecule has 1 aliphatic rings. The number of halogens is 7. The van der Waals surface area contributed by atoms with Crippen molar-refractivity contribution in [3.05, 3.63) is 41.9 Å². The molecule has 1 atom stereocenters. The van der Waals surface area contributed by atoms with Gasteiger partial charge < -0.3 is 19.9 Å². The summed E-state index contributed by atoms with van der Waals surface area (Å²) in [6.07, 6.45) is -12.4.